The first-order valence-corrected chi connectivity index (χ1v) is 16.2. The van der Waals surface area contributed by atoms with E-state index < -0.39 is 42.7 Å². The van der Waals surface area contributed by atoms with Gasteiger partial charge in [0, 0.05) is 29.1 Å². The Bertz CT molecular complexity index is 1520. The lowest BCUT2D eigenvalue weighted by Gasteiger charge is -2.38. The Balaban J connectivity index is 1.54. The highest BCUT2D eigenvalue weighted by Crippen LogP contribution is 2.62. The summed E-state index contributed by atoms with van der Waals surface area (Å²) in [6, 6.07) is 8.62. The number of halogens is 1. The largest absolute Gasteiger partial charge is 0.307 e. The first kappa shape index (κ1) is 27.1. The Kier molecular flexibility index (Phi) is 6.24. The highest BCUT2D eigenvalue weighted by molar-refractivity contribution is 7.92. The molecule has 2 aliphatic carbocycles. The average Bonchev–Trinajstić information content (AvgIpc) is 3.50. The summed E-state index contributed by atoms with van der Waals surface area (Å²) in [4.78, 5) is 15.3. The Morgan fingerprint density at radius 1 is 0.974 bits per heavy atom. The second-order valence-corrected chi connectivity index (χ2v) is 15.7. The Morgan fingerprint density at radius 3 is 2.18 bits per heavy atom. The second kappa shape index (κ2) is 8.76. The SMILES string of the molecule is CC(C)(C)NS(=O)(=O)c1cccc(C(=O)N2CC3(CCC4(CC4)CC3)c3cc(NS(C)(=O)=O)c(F)cc32)c1. The molecule has 0 atom stereocenters. The molecule has 0 bridgehead atoms. The molecule has 2 fully saturated rings. The van der Waals surface area contributed by atoms with E-state index in [1.165, 1.54) is 48.1 Å². The number of nitrogens with zero attached hydrogens (tertiary/aromatic N) is 1. The smallest absolute Gasteiger partial charge is 0.258 e. The molecular weight excluding hydrogens is 529 g/mol. The van der Waals surface area contributed by atoms with Crippen LogP contribution in [-0.4, -0.2) is 41.1 Å². The van der Waals surface area contributed by atoms with Crippen LogP contribution in [0.2, 0.25) is 0 Å². The van der Waals surface area contributed by atoms with Crippen LogP contribution in [0.5, 0.6) is 0 Å². The molecule has 1 aliphatic heterocycles. The number of anilines is 2. The summed E-state index contributed by atoms with van der Waals surface area (Å²) in [6.45, 7) is 5.53. The van der Waals surface area contributed by atoms with E-state index in [2.05, 4.69) is 9.44 Å². The van der Waals surface area contributed by atoms with Crippen molar-refractivity contribution in [3.8, 4) is 0 Å². The summed E-state index contributed by atoms with van der Waals surface area (Å²) in [6.07, 6.45) is 7.02. The molecule has 0 saturated heterocycles. The lowest BCUT2D eigenvalue weighted by molar-refractivity contribution is 0.0980. The summed E-state index contributed by atoms with van der Waals surface area (Å²) in [5.74, 6) is -1.20. The van der Waals surface area contributed by atoms with Gasteiger partial charge in [-0.25, -0.2) is 25.9 Å². The van der Waals surface area contributed by atoms with Crippen LogP contribution in [0.25, 0.3) is 0 Å². The summed E-state index contributed by atoms with van der Waals surface area (Å²) < 4.78 is 69.6. The first-order chi connectivity index (χ1) is 17.5. The molecule has 1 amide bonds. The number of hydrogen-bond donors (Lipinski definition) is 2. The molecule has 2 N–H and O–H groups in total. The topological polar surface area (TPSA) is 113 Å². The van der Waals surface area contributed by atoms with Crippen LogP contribution < -0.4 is 14.3 Å². The molecule has 0 unspecified atom stereocenters. The van der Waals surface area contributed by atoms with E-state index in [1.807, 2.05) is 0 Å². The van der Waals surface area contributed by atoms with Crippen LogP contribution in [0.15, 0.2) is 41.3 Å². The molecule has 3 aliphatic rings. The normalized spacial score (nSPS) is 20.0. The van der Waals surface area contributed by atoms with Crippen molar-refractivity contribution in [2.24, 2.45) is 5.41 Å². The van der Waals surface area contributed by atoms with Gasteiger partial charge in [-0.15, -0.1) is 0 Å². The number of carbonyl (C=O) groups is 1. The predicted molar refractivity (Wildman–Crippen MR) is 145 cm³/mol. The fraction of sp³-hybridized carbons (Fsp3) is 0.519. The monoisotopic (exact) mass is 563 g/mol. The van der Waals surface area contributed by atoms with Crippen molar-refractivity contribution in [3.63, 3.8) is 0 Å². The minimum Gasteiger partial charge on any atom is -0.307 e. The first-order valence-electron chi connectivity index (χ1n) is 12.8. The van der Waals surface area contributed by atoms with Crippen molar-refractivity contribution in [2.75, 3.05) is 22.4 Å². The molecule has 2 aromatic carbocycles. The highest BCUT2D eigenvalue weighted by Gasteiger charge is 2.54. The third kappa shape index (κ3) is 5.20. The van der Waals surface area contributed by atoms with Crippen molar-refractivity contribution >= 4 is 37.3 Å². The van der Waals surface area contributed by atoms with Crippen molar-refractivity contribution in [2.45, 2.75) is 75.1 Å². The van der Waals surface area contributed by atoms with Gasteiger partial charge in [0.1, 0.15) is 5.82 Å². The number of rotatable bonds is 5. The van der Waals surface area contributed by atoms with E-state index in [-0.39, 0.29) is 16.1 Å². The molecule has 1 heterocycles. The number of benzene rings is 2. The average molecular weight is 564 g/mol. The molecule has 0 aromatic heterocycles. The van der Waals surface area contributed by atoms with Crippen LogP contribution in [0.4, 0.5) is 15.8 Å². The molecule has 2 aromatic rings. The summed E-state index contributed by atoms with van der Waals surface area (Å²) in [7, 11) is -7.57. The predicted octanol–water partition coefficient (Wildman–Crippen LogP) is 4.53. The van der Waals surface area contributed by atoms with Gasteiger partial charge in [0.05, 0.1) is 22.5 Å². The van der Waals surface area contributed by atoms with Gasteiger partial charge in [-0.2, -0.15) is 0 Å². The summed E-state index contributed by atoms with van der Waals surface area (Å²) in [5, 5.41) is 0. The third-order valence-corrected chi connectivity index (χ3v) is 10.4. The molecule has 206 valence electrons. The van der Waals surface area contributed by atoms with E-state index in [0.717, 1.165) is 37.5 Å². The lowest BCUT2D eigenvalue weighted by atomic mass is 9.66. The minimum atomic E-state index is -3.87. The van der Waals surface area contributed by atoms with Gasteiger partial charge in [0.2, 0.25) is 20.0 Å². The standard InChI is InChI=1S/C27H34FN3O5S2/c1-25(2,3)30-38(35,36)19-7-5-6-18(14-19)24(32)31-17-27(12-10-26(8-9-26)11-13-27)20-15-22(29-37(4,33)34)21(28)16-23(20)31/h5-7,14-16,29-30H,8-13,17H2,1-4H3. The highest BCUT2D eigenvalue weighted by atomic mass is 32.2. The molecule has 2 saturated carbocycles. The number of sulfonamides is 2. The van der Waals surface area contributed by atoms with Gasteiger partial charge in [0.25, 0.3) is 5.91 Å². The Morgan fingerprint density at radius 2 is 1.61 bits per heavy atom. The van der Waals surface area contributed by atoms with Crippen LogP contribution in [0.3, 0.4) is 0 Å². The maximum absolute atomic E-state index is 15.1. The van der Waals surface area contributed by atoms with Gasteiger partial charge in [-0.1, -0.05) is 6.07 Å². The minimum absolute atomic E-state index is 0.0281. The molecular formula is C27H34FN3O5S2. The lowest BCUT2D eigenvalue weighted by Crippen LogP contribution is -2.41. The van der Waals surface area contributed by atoms with E-state index >= 15 is 4.39 Å². The maximum Gasteiger partial charge on any atom is 0.258 e. The van der Waals surface area contributed by atoms with Gasteiger partial charge in [0.15, 0.2) is 0 Å². The van der Waals surface area contributed by atoms with Crippen LogP contribution in [0, 0.1) is 11.2 Å². The van der Waals surface area contributed by atoms with Gasteiger partial charge in [-0.05, 0) is 94.5 Å². The summed E-state index contributed by atoms with van der Waals surface area (Å²) in [5.41, 5.74) is 0.462. The van der Waals surface area contributed by atoms with Crippen LogP contribution in [0.1, 0.15) is 75.2 Å². The second-order valence-electron chi connectivity index (χ2n) is 12.3. The molecule has 5 rings (SSSR count). The van der Waals surface area contributed by atoms with Crippen molar-refractivity contribution in [1.29, 1.82) is 0 Å². The Hall–Kier alpha value is -2.50. The fourth-order valence-electron chi connectivity index (χ4n) is 5.92. The molecule has 8 nitrogen and oxygen atoms in total. The molecule has 2 spiro atoms. The number of carbonyl (C=O) groups excluding carboxylic acids is 1. The summed E-state index contributed by atoms with van der Waals surface area (Å²) >= 11 is 0. The molecule has 38 heavy (non-hydrogen) atoms. The van der Waals surface area contributed by atoms with E-state index in [9.17, 15) is 21.6 Å². The number of amides is 1. The van der Waals surface area contributed by atoms with Crippen LogP contribution in [-0.2, 0) is 25.5 Å². The Labute approximate surface area is 224 Å². The van der Waals surface area contributed by atoms with Crippen LogP contribution >= 0.6 is 0 Å². The van der Waals surface area contributed by atoms with E-state index in [0.29, 0.717) is 17.6 Å². The molecule has 0 radical (unpaired) electrons. The number of hydrogen-bond acceptors (Lipinski definition) is 5. The van der Waals surface area contributed by atoms with Crippen molar-refractivity contribution in [1.82, 2.24) is 4.72 Å². The van der Waals surface area contributed by atoms with Crippen molar-refractivity contribution < 1.29 is 26.0 Å². The van der Waals surface area contributed by atoms with E-state index in [4.69, 9.17) is 0 Å². The maximum atomic E-state index is 15.1. The van der Waals surface area contributed by atoms with Gasteiger partial charge in [-0.3, -0.25) is 9.52 Å². The zero-order chi connectivity index (χ0) is 27.7. The van der Waals surface area contributed by atoms with Crippen molar-refractivity contribution in [3.05, 3.63) is 53.3 Å². The number of fused-ring (bicyclic) bond motifs is 2. The fourth-order valence-corrected chi connectivity index (χ4v) is 7.94. The van der Waals surface area contributed by atoms with Gasteiger partial charge >= 0.3 is 0 Å². The van der Waals surface area contributed by atoms with Gasteiger partial charge < -0.3 is 4.90 Å². The quantitative estimate of drug-likeness (QED) is 0.555. The third-order valence-electron chi connectivity index (χ3n) is 8.01. The number of nitrogens with one attached hydrogen (secondary N) is 2. The van der Waals surface area contributed by atoms with E-state index in [1.54, 1.807) is 26.8 Å². The zero-order valence-corrected chi connectivity index (χ0v) is 23.7. The zero-order valence-electron chi connectivity index (χ0n) is 22.1. The molecule has 11 heteroatoms.